The van der Waals surface area contributed by atoms with E-state index in [1.54, 1.807) is 13.2 Å². The van der Waals surface area contributed by atoms with Crippen molar-refractivity contribution >= 4 is 21.6 Å². The lowest BCUT2D eigenvalue weighted by atomic mass is 10.2. The van der Waals surface area contributed by atoms with Crippen LogP contribution in [0.2, 0.25) is 0 Å². The molecule has 0 aliphatic rings. The second kappa shape index (κ2) is 8.74. The van der Waals surface area contributed by atoms with E-state index in [2.05, 4.69) is 10.0 Å². The van der Waals surface area contributed by atoms with E-state index in [1.165, 1.54) is 36.4 Å². The number of halogens is 1. The van der Waals surface area contributed by atoms with Gasteiger partial charge in [0.05, 0.1) is 12.0 Å². The molecule has 3 rings (SSSR count). The summed E-state index contributed by atoms with van der Waals surface area (Å²) in [6.45, 7) is 0.230. The van der Waals surface area contributed by atoms with E-state index in [1.807, 2.05) is 18.2 Å². The van der Waals surface area contributed by atoms with Gasteiger partial charge in [0.2, 0.25) is 0 Å². The fourth-order valence-corrected chi connectivity index (χ4v) is 3.77. The highest BCUT2D eigenvalue weighted by atomic mass is 32.2. The molecule has 0 saturated heterocycles. The van der Waals surface area contributed by atoms with Crippen LogP contribution in [0.1, 0.15) is 15.9 Å². The molecule has 0 fully saturated rings. The minimum Gasteiger partial charge on any atom is -0.496 e. The van der Waals surface area contributed by atoms with Crippen LogP contribution in [0.15, 0.2) is 77.7 Å². The minimum atomic E-state index is -3.93. The number of methoxy groups -OCH3 is 1. The standard InChI is InChI=1S/C21H19FN2O4S/c1-28-20-8-3-2-5-16(20)14-23-21(25)15-6-4-7-19(13-15)29(26,27)24-18-11-9-17(22)10-12-18/h2-13,24H,14H2,1H3,(H,23,25). The highest BCUT2D eigenvalue weighted by Crippen LogP contribution is 2.19. The smallest absolute Gasteiger partial charge is 0.261 e. The van der Waals surface area contributed by atoms with E-state index in [4.69, 9.17) is 4.74 Å². The van der Waals surface area contributed by atoms with Crippen molar-refractivity contribution < 1.29 is 22.3 Å². The highest BCUT2D eigenvalue weighted by molar-refractivity contribution is 7.92. The first-order valence-corrected chi connectivity index (χ1v) is 10.2. The van der Waals surface area contributed by atoms with Crippen molar-refractivity contribution in [3.63, 3.8) is 0 Å². The summed E-state index contributed by atoms with van der Waals surface area (Å²) in [5.74, 6) is -0.246. The molecule has 0 radical (unpaired) electrons. The molecule has 0 atom stereocenters. The minimum absolute atomic E-state index is 0.0771. The summed E-state index contributed by atoms with van der Waals surface area (Å²) in [5, 5.41) is 2.75. The summed E-state index contributed by atoms with van der Waals surface area (Å²) in [5.41, 5.74) is 1.21. The van der Waals surface area contributed by atoms with Crippen molar-refractivity contribution in [3.05, 3.63) is 89.7 Å². The molecule has 8 heteroatoms. The molecule has 3 aromatic carbocycles. The van der Waals surface area contributed by atoms with E-state index in [0.29, 0.717) is 5.75 Å². The second-order valence-electron chi connectivity index (χ2n) is 6.13. The van der Waals surface area contributed by atoms with Gasteiger partial charge in [-0.05, 0) is 48.5 Å². The maximum absolute atomic E-state index is 13.0. The van der Waals surface area contributed by atoms with Crippen LogP contribution in [0.25, 0.3) is 0 Å². The van der Waals surface area contributed by atoms with E-state index < -0.39 is 21.7 Å². The Morgan fingerprint density at radius 3 is 2.45 bits per heavy atom. The number of ether oxygens (including phenoxy) is 1. The first kappa shape index (κ1) is 20.3. The quantitative estimate of drug-likeness (QED) is 0.619. The number of carbonyl (C=O) groups excluding carboxylic acids is 1. The Kier molecular flexibility index (Phi) is 6.13. The lowest BCUT2D eigenvalue weighted by Gasteiger charge is -2.11. The lowest BCUT2D eigenvalue weighted by Crippen LogP contribution is -2.23. The van der Waals surface area contributed by atoms with Crippen LogP contribution < -0.4 is 14.8 Å². The maximum Gasteiger partial charge on any atom is 0.261 e. The Morgan fingerprint density at radius 2 is 1.72 bits per heavy atom. The summed E-state index contributed by atoms with van der Waals surface area (Å²) < 4.78 is 45.7. The van der Waals surface area contributed by atoms with Gasteiger partial charge in [0.25, 0.3) is 15.9 Å². The zero-order valence-electron chi connectivity index (χ0n) is 15.6. The topological polar surface area (TPSA) is 84.5 Å². The Morgan fingerprint density at radius 1 is 1.00 bits per heavy atom. The largest absolute Gasteiger partial charge is 0.496 e. The molecule has 1 amide bonds. The van der Waals surface area contributed by atoms with Gasteiger partial charge in [-0.1, -0.05) is 24.3 Å². The predicted molar refractivity (Wildman–Crippen MR) is 108 cm³/mol. The maximum atomic E-state index is 13.0. The summed E-state index contributed by atoms with van der Waals surface area (Å²) in [6, 6.07) is 17.9. The van der Waals surface area contributed by atoms with Gasteiger partial charge in [-0.15, -0.1) is 0 Å². The number of benzene rings is 3. The number of sulfonamides is 1. The Balaban J connectivity index is 1.74. The van der Waals surface area contributed by atoms with Crippen molar-refractivity contribution in [2.75, 3.05) is 11.8 Å². The molecule has 6 nitrogen and oxygen atoms in total. The second-order valence-corrected chi connectivity index (χ2v) is 7.82. The van der Waals surface area contributed by atoms with Gasteiger partial charge in [-0.3, -0.25) is 9.52 Å². The average molecular weight is 414 g/mol. The third-order valence-electron chi connectivity index (χ3n) is 4.13. The SMILES string of the molecule is COc1ccccc1CNC(=O)c1cccc(S(=O)(=O)Nc2ccc(F)cc2)c1. The van der Waals surface area contributed by atoms with Crippen molar-refractivity contribution in [1.29, 1.82) is 0 Å². The number of anilines is 1. The molecule has 0 aromatic heterocycles. The van der Waals surface area contributed by atoms with Crippen LogP contribution in [-0.4, -0.2) is 21.4 Å². The normalized spacial score (nSPS) is 11.0. The van der Waals surface area contributed by atoms with Crippen molar-refractivity contribution in [1.82, 2.24) is 5.32 Å². The molecule has 0 unspecified atom stereocenters. The zero-order valence-corrected chi connectivity index (χ0v) is 16.4. The molecule has 0 aliphatic carbocycles. The number of amides is 1. The molecule has 0 aliphatic heterocycles. The molecule has 2 N–H and O–H groups in total. The fraction of sp³-hybridized carbons (Fsp3) is 0.0952. The summed E-state index contributed by atoms with van der Waals surface area (Å²) in [7, 11) is -2.39. The van der Waals surface area contributed by atoms with Gasteiger partial charge >= 0.3 is 0 Å². The summed E-state index contributed by atoms with van der Waals surface area (Å²) >= 11 is 0. The molecule has 0 saturated carbocycles. The van der Waals surface area contributed by atoms with Gasteiger partial charge in [0.1, 0.15) is 11.6 Å². The molecule has 0 spiro atoms. The summed E-state index contributed by atoms with van der Waals surface area (Å²) in [6.07, 6.45) is 0. The molecular weight excluding hydrogens is 395 g/mol. The van der Waals surface area contributed by atoms with E-state index in [0.717, 1.165) is 17.7 Å². The first-order valence-electron chi connectivity index (χ1n) is 8.67. The average Bonchev–Trinajstić information content (AvgIpc) is 2.74. The Bertz CT molecular complexity index is 1120. The van der Waals surface area contributed by atoms with Crippen LogP contribution in [0.3, 0.4) is 0 Å². The van der Waals surface area contributed by atoms with Gasteiger partial charge in [-0.25, -0.2) is 12.8 Å². The monoisotopic (exact) mass is 414 g/mol. The number of nitrogens with one attached hydrogen (secondary N) is 2. The van der Waals surface area contributed by atoms with Crippen LogP contribution in [-0.2, 0) is 16.6 Å². The van der Waals surface area contributed by atoms with E-state index in [-0.39, 0.29) is 22.7 Å². The van der Waals surface area contributed by atoms with E-state index >= 15 is 0 Å². The number of hydrogen-bond donors (Lipinski definition) is 2. The highest BCUT2D eigenvalue weighted by Gasteiger charge is 2.17. The first-order chi connectivity index (χ1) is 13.9. The van der Waals surface area contributed by atoms with Crippen molar-refractivity contribution in [2.45, 2.75) is 11.4 Å². The molecule has 0 bridgehead atoms. The van der Waals surface area contributed by atoms with Gasteiger partial charge in [-0.2, -0.15) is 0 Å². The number of hydrogen-bond acceptors (Lipinski definition) is 4. The molecule has 3 aromatic rings. The summed E-state index contributed by atoms with van der Waals surface area (Å²) in [4.78, 5) is 12.4. The Hall–Kier alpha value is -3.39. The predicted octanol–water partition coefficient (Wildman–Crippen LogP) is 3.57. The molecule has 29 heavy (non-hydrogen) atoms. The molecule has 150 valence electrons. The molecule has 0 heterocycles. The van der Waals surface area contributed by atoms with Crippen LogP contribution in [0, 0.1) is 5.82 Å². The fourth-order valence-electron chi connectivity index (χ4n) is 2.66. The van der Waals surface area contributed by atoms with Crippen molar-refractivity contribution in [2.24, 2.45) is 0 Å². The molecular formula is C21H19FN2O4S. The third kappa shape index (κ3) is 5.11. The lowest BCUT2D eigenvalue weighted by molar-refractivity contribution is 0.0950. The van der Waals surface area contributed by atoms with Gasteiger partial charge < -0.3 is 10.1 Å². The number of carbonyl (C=O) groups is 1. The van der Waals surface area contributed by atoms with E-state index in [9.17, 15) is 17.6 Å². The van der Waals surface area contributed by atoms with Crippen LogP contribution in [0.4, 0.5) is 10.1 Å². The number of para-hydroxylation sites is 1. The van der Waals surface area contributed by atoms with Crippen molar-refractivity contribution in [3.8, 4) is 5.75 Å². The third-order valence-corrected chi connectivity index (χ3v) is 5.51. The Labute approximate surface area is 168 Å². The number of rotatable bonds is 7. The van der Waals surface area contributed by atoms with Crippen LogP contribution in [0.5, 0.6) is 5.75 Å². The van der Waals surface area contributed by atoms with Gasteiger partial charge in [0.15, 0.2) is 0 Å². The zero-order chi connectivity index (χ0) is 20.9. The van der Waals surface area contributed by atoms with Gasteiger partial charge in [0, 0.05) is 23.4 Å². The van der Waals surface area contributed by atoms with Crippen LogP contribution >= 0.6 is 0 Å².